The molecule has 1 aliphatic heterocycles. The molecule has 0 unspecified atom stereocenters. The predicted octanol–water partition coefficient (Wildman–Crippen LogP) is 6.74. The van der Waals surface area contributed by atoms with Crippen LogP contribution in [0.1, 0.15) is 40.2 Å². The highest BCUT2D eigenvalue weighted by Gasteiger charge is 2.42. The lowest BCUT2D eigenvalue weighted by Gasteiger charge is -2.29. The maximum Gasteiger partial charge on any atom is 0.174 e. The van der Waals surface area contributed by atoms with Crippen molar-refractivity contribution in [1.82, 2.24) is 14.9 Å². The van der Waals surface area contributed by atoms with Crippen molar-refractivity contribution in [3.63, 3.8) is 0 Å². The van der Waals surface area contributed by atoms with Crippen molar-refractivity contribution in [2.24, 2.45) is 0 Å². The van der Waals surface area contributed by atoms with Gasteiger partial charge in [-0.15, -0.1) is 0 Å². The first kappa shape index (κ1) is 21.9. The van der Waals surface area contributed by atoms with Crippen LogP contribution in [0.15, 0.2) is 83.6 Å². The van der Waals surface area contributed by atoms with E-state index < -0.39 is 0 Å². The van der Waals surface area contributed by atoms with Crippen LogP contribution in [0.3, 0.4) is 0 Å². The topological polar surface area (TPSA) is 33.1 Å². The Morgan fingerprint density at radius 2 is 1.67 bits per heavy atom. The molecule has 0 saturated carbocycles. The molecule has 6 heteroatoms. The third kappa shape index (κ3) is 3.98. The van der Waals surface area contributed by atoms with E-state index in [0.717, 1.165) is 27.2 Å². The molecule has 1 saturated heterocycles. The Morgan fingerprint density at radius 3 is 2.39 bits per heavy atom. The number of aryl methyl sites for hydroxylation is 3. The minimum atomic E-state index is -0.0807. The maximum absolute atomic E-state index is 5.89. The molecule has 33 heavy (non-hydrogen) atoms. The first-order chi connectivity index (χ1) is 15.9. The molecule has 0 radical (unpaired) electrons. The second-order valence-electron chi connectivity index (χ2n) is 8.50. The quantitative estimate of drug-likeness (QED) is 0.304. The number of anilines is 1. The fourth-order valence-corrected chi connectivity index (χ4v) is 5.05. The van der Waals surface area contributed by atoms with Crippen LogP contribution in [0.4, 0.5) is 5.69 Å². The first-order valence-electron chi connectivity index (χ1n) is 11.0. The van der Waals surface area contributed by atoms with Crippen LogP contribution in [-0.4, -0.2) is 14.7 Å². The van der Waals surface area contributed by atoms with Gasteiger partial charge in [0.25, 0.3) is 0 Å². The second-order valence-corrected chi connectivity index (χ2v) is 9.74. The zero-order valence-electron chi connectivity index (χ0n) is 18.8. The number of pyridine rings is 1. The highest BCUT2D eigenvalue weighted by molar-refractivity contribution is 9.10. The molecule has 0 aliphatic carbocycles. The highest BCUT2D eigenvalue weighted by Crippen LogP contribution is 2.42. The molecule has 2 aromatic heterocycles. The largest absolute Gasteiger partial charge is 0.351 e. The van der Waals surface area contributed by atoms with Gasteiger partial charge in [0.05, 0.1) is 11.7 Å². The Hall–Kier alpha value is -2.96. The number of halogens is 1. The molecule has 5 rings (SSSR count). The average molecular weight is 517 g/mol. The monoisotopic (exact) mass is 516 g/mol. The van der Waals surface area contributed by atoms with E-state index in [4.69, 9.17) is 12.2 Å². The van der Waals surface area contributed by atoms with E-state index in [1.165, 1.54) is 16.7 Å². The van der Waals surface area contributed by atoms with Crippen LogP contribution in [0.5, 0.6) is 0 Å². The predicted molar refractivity (Wildman–Crippen MR) is 142 cm³/mol. The summed E-state index contributed by atoms with van der Waals surface area (Å²) in [4.78, 5) is 6.90. The maximum atomic E-state index is 5.89. The van der Waals surface area contributed by atoms with Gasteiger partial charge >= 0.3 is 0 Å². The number of nitrogens with one attached hydrogen (secondary N) is 1. The molecular weight excluding hydrogens is 492 g/mol. The molecule has 4 nitrogen and oxygen atoms in total. The van der Waals surface area contributed by atoms with Gasteiger partial charge in [0, 0.05) is 33.9 Å². The van der Waals surface area contributed by atoms with E-state index in [-0.39, 0.29) is 12.1 Å². The average Bonchev–Trinajstić information content (AvgIpc) is 3.42. The number of nitrogens with zero attached hydrogens (tertiary/aromatic N) is 3. The van der Waals surface area contributed by atoms with Crippen molar-refractivity contribution in [3.05, 3.63) is 112 Å². The Kier molecular flexibility index (Phi) is 5.81. The van der Waals surface area contributed by atoms with Crippen LogP contribution in [0, 0.1) is 20.8 Å². The van der Waals surface area contributed by atoms with E-state index in [2.05, 4.69) is 117 Å². The van der Waals surface area contributed by atoms with Crippen molar-refractivity contribution in [2.45, 2.75) is 32.9 Å². The Bertz CT molecular complexity index is 1330. The minimum Gasteiger partial charge on any atom is -0.351 e. The molecule has 1 N–H and O–H groups in total. The summed E-state index contributed by atoms with van der Waals surface area (Å²) in [5.74, 6) is 0. The number of benzene rings is 2. The van der Waals surface area contributed by atoms with Crippen LogP contribution in [0.25, 0.3) is 5.69 Å². The minimum absolute atomic E-state index is 0.0652. The Labute approximate surface area is 208 Å². The highest BCUT2D eigenvalue weighted by atomic mass is 79.9. The van der Waals surface area contributed by atoms with Gasteiger partial charge in [-0.25, -0.2) is 0 Å². The number of hydrogen-bond acceptors (Lipinski definition) is 2. The van der Waals surface area contributed by atoms with Crippen molar-refractivity contribution < 1.29 is 0 Å². The number of aromatic nitrogens is 2. The van der Waals surface area contributed by atoms with E-state index in [9.17, 15) is 0 Å². The molecule has 0 spiro atoms. The molecule has 2 aromatic carbocycles. The summed E-state index contributed by atoms with van der Waals surface area (Å²) in [7, 11) is 0. The van der Waals surface area contributed by atoms with Crippen molar-refractivity contribution in [1.29, 1.82) is 0 Å². The van der Waals surface area contributed by atoms with Crippen molar-refractivity contribution >= 4 is 38.9 Å². The van der Waals surface area contributed by atoms with Crippen molar-refractivity contribution in [2.75, 3.05) is 4.90 Å². The van der Waals surface area contributed by atoms with Crippen LogP contribution in [-0.2, 0) is 0 Å². The van der Waals surface area contributed by atoms with Crippen LogP contribution in [0.2, 0.25) is 0 Å². The summed E-state index contributed by atoms with van der Waals surface area (Å²) in [6, 6.07) is 23.1. The summed E-state index contributed by atoms with van der Waals surface area (Å²) in [6.45, 7) is 6.40. The molecule has 166 valence electrons. The smallest absolute Gasteiger partial charge is 0.174 e. The molecule has 0 amide bonds. The van der Waals surface area contributed by atoms with Gasteiger partial charge in [0.1, 0.15) is 6.04 Å². The lowest BCUT2D eigenvalue weighted by molar-refractivity contribution is 0.549. The van der Waals surface area contributed by atoms with E-state index >= 15 is 0 Å². The van der Waals surface area contributed by atoms with Gasteiger partial charge in [0.15, 0.2) is 5.11 Å². The molecular formula is C27H25BrN4S. The fourth-order valence-electron chi connectivity index (χ4n) is 4.46. The van der Waals surface area contributed by atoms with Crippen LogP contribution >= 0.6 is 28.1 Å². The second kappa shape index (κ2) is 8.76. The van der Waals surface area contributed by atoms with Gasteiger partial charge in [-0.05, 0) is 104 Å². The molecule has 0 bridgehead atoms. The lowest BCUT2D eigenvalue weighted by atomic mass is 10.00. The first-order valence-corrected chi connectivity index (χ1v) is 12.2. The fraction of sp³-hybridized carbons (Fsp3) is 0.185. The van der Waals surface area contributed by atoms with Gasteiger partial charge in [0.2, 0.25) is 0 Å². The zero-order chi connectivity index (χ0) is 23.1. The normalized spacial score (nSPS) is 17.9. The third-order valence-electron chi connectivity index (χ3n) is 6.37. The van der Waals surface area contributed by atoms with Gasteiger partial charge < -0.3 is 14.8 Å². The number of hydrogen-bond donors (Lipinski definition) is 1. The van der Waals surface area contributed by atoms with Crippen molar-refractivity contribution in [3.8, 4) is 5.69 Å². The Morgan fingerprint density at radius 1 is 0.879 bits per heavy atom. The summed E-state index contributed by atoms with van der Waals surface area (Å²) in [5, 5.41) is 4.26. The summed E-state index contributed by atoms with van der Waals surface area (Å²) in [6.07, 6.45) is 3.97. The van der Waals surface area contributed by atoms with Gasteiger partial charge in [-0.3, -0.25) is 4.98 Å². The molecule has 1 aliphatic rings. The SMILES string of the molecule is Cc1ccc(-n2cccc2[C@@H]2[C@H](c3ccccn3)NC(=S)N2c2ccc(Br)c(C)c2)cc1C. The third-order valence-corrected chi connectivity index (χ3v) is 7.57. The van der Waals surface area contributed by atoms with Crippen LogP contribution < -0.4 is 10.2 Å². The van der Waals surface area contributed by atoms with E-state index in [0.29, 0.717) is 5.11 Å². The van der Waals surface area contributed by atoms with Gasteiger partial charge in [-0.2, -0.15) is 0 Å². The number of rotatable bonds is 4. The lowest BCUT2D eigenvalue weighted by Crippen LogP contribution is -2.30. The summed E-state index contributed by atoms with van der Waals surface area (Å²) < 4.78 is 3.35. The molecule has 4 aromatic rings. The van der Waals surface area contributed by atoms with E-state index in [1.807, 2.05) is 18.3 Å². The summed E-state index contributed by atoms with van der Waals surface area (Å²) in [5.41, 5.74) is 8.05. The standard InChI is InChI=1S/C27H25BrN4S/c1-17-9-10-20(15-18(17)2)31-14-6-8-24(31)26-25(23-7-4-5-13-29-23)30-27(33)32(26)21-11-12-22(28)19(3)16-21/h4-16,25-26H,1-3H3,(H,30,33)/t25-,26+/m0/s1. The Balaban J connectivity index is 1.68. The van der Waals surface area contributed by atoms with E-state index in [1.54, 1.807) is 0 Å². The number of thiocarbonyl (C=S) groups is 1. The molecule has 1 fully saturated rings. The zero-order valence-corrected chi connectivity index (χ0v) is 21.2. The molecule has 2 atom stereocenters. The van der Waals surface area contributed by atoms with Gasteiger partial charge in [-0.1, -0.05) is 28.1 Å². The molecule has 3 heterocycles. The summed E-state index contributed by atoms with van der Waals surface area (Å²) >= 11 is 9.52.